The molecule has 1 aliphatic carbocycles. The molecule has 112 valence electrons. The van der Waals surface area contributed by atoms with Gasteiger partial charge in [0, 0.05) is 19.6 Å². The van der Waals surface area contributed by atoms with Gasteiger partial charge in [0.25, 0.3) is 0 Å². The first-order valence-electron chi connectivity index (χ1n) is 7.63. The van der Waals surface area contributed by atoms with Crippen molar-refractivity contribution in [2.24, 2.45) is 5.92 Å². The van der Waals surface area contributed by atoms with E-state index >= 15 is 0 Å². The molecule has 1 aliphatic heterocycles. The van der Waals surface area contributed by atoms with Crippen molar-refractivity contribution in [3.63, 3.8) is 0 Å². The second-order valence-corrected chi connectivity index (χ2v) is 8.46. The van der Waals surface area contributed by atoms with Crippen LogP contribution in [0, 0.1) is 5.92 Å². The van der Waals surface area contributed by atoms with Gasteiger partial charge in [0.05, 0.1) is 5.75 Å². The van der Waals surface area contributed by atoms with Crippen LogP contribution >= 0.6 is 0 Å². The number of piperidine rings is 1. The molecule has 2 rings (SSSR count). The summed E-state index contributed by atoms with van der Waals surface area (Å²) in [7, 11) is 0.809. The average Bonchev–Trinajstić information content (AvgIpc) is 2.84. The third kappa shape index (κ3) is 4.17. The molecule has 5 heteroatoms. The van der Waals surface area contributed by atoms with Gasteiger partial charge in [-0.25, -0.2) is 12.7 Å². The van der Waals surface area contributed by atoms with E-state index in [0.717, 1.165) is 25.8 Å². The molecule has 2 fully saturated rings. The summed E-state index contributed by atoms with van der Waals surface area (Å²) in [6.45, 7) is 1.76. The van der Waals surface area contributed by atoms with Crippen LogP contribution in [0.25, 0.3) is 0 Å². The fraction of sp³-hybridized carbons (Fsp3) is 1.00. The van der Waals surface area contributed by atoms with E-state index in [0.29, 0.717) is 24.3 Å². The number of nitrogens with zero attached hydrogens (tertiary/aromatic N) is 2. The molecule has 1 saturated carbocycles. The maximum absolute atomic E-state index is 12.4. The van der Waals surface area contributed by atoms with Crippen molar-refractivity contribution in [3.8, 4) is 0 Å². The third-order valence-corrected chi connectivity index (χ3v) is 6.78. The summed E-state index contributed by atoms with van der Waals surface area (Å²) in [6.07, 6.45) is 8.19. The fourth-order valence-electron chi connectivity index (χ4n) is 3.39. The van der Waals surface area contributed by atoms with Crippen molar-refractivity contribution in [1.82, 2.24) is 9.21 Å². The van der Waals surface area contributed by atoms with E-state index in [-0.39, 0.29) is 0 Å². The molecule has 2 aliphatic rings. The van der Waals surface area contributed by atoms with E-state index in [1.807, 2.05) is 0 Å². The van der Waals surface area contributed by atoms with Gasteiger partial charge in [-0.05, 0) is 45.2 Å². The highest BCUT2D eigenvalue weighted by atomic mass is 32.2. The Morgan fingerprint density at radius 1 is 1.11 bits per heavy atom. The van der Waals surface area contributed by atoms with Gasteiger partial charge in [-0.15, -0.1) is 0 Å². The number of hydrogen-bond donors (Lipinski definition) is 0. The molecule has 0 aromatic heterocycles. The topological polar surface area (TPSA) is 40.6 Å². The van der Waals surface area contributed by atoms with Crippen molar-refractivity contribution in [1.29, 1.82) is 0 Å². The molecule has 0 bridgehead atoms. The smallest absolute Gasteiger partial charge is 0.214 e. The number of hydrogen-bond acceptors (Lipinski definition) is 3. The summed E-state index contributed by atoms with van der Waals surface area (Å²) in [5.41, 5.74) is 0. The minimum atomic E-state index is -3.06. The maximum Gasteiger partial charge on any atom is 0.214 e. The highest BCUT2D eigenvalue weighted by Crippen LogP contribution is 2.27. The van der Waals surface area contributed by atoms with Gasteiger partial charge in [-0.2, -0.15) is 0 Å². The van der Waals surface area contributed by atoms with Gasteiger partial charge in [0.2, 0.25) is 10.0 Å². The summed E-state index contributed by atoms with van der Waals surface area (Å²) in [5, 5.41) is 0. The molecule has 1 saturated heterocycles. The zero-order chi connectivity index (χ0) is 13.9. The van der Waals surface area contributed by atoms with Crippen LogP contribution < -0.4 is 0 Å². The molecule has 0 aromatic rings. The normalized spacial score (nSPS) is 27.2. The molecule has 0 amide bonds. The number of likely N-dealkylation sites (tertiary alicyclic amines) is 1. The van der Waals surface area contributed by atoms with Gasteiger partial charge < -0.3 is 4.90 Å². The zero-order valence-electron chi connectivity index (χ0n) is 12.3. The Hall–Kier alpha value is -0.130. The zero-order valence-corrected chi connectivity index (χ0v) is 13.2. The summed E-state index contributed by atoms with van der Waals surface area (Å²) in [4.78, 5) is 2.31. The first-order chi connectivity index (χ1) is 8.99. The predicted octanol–water partition coefficient (Wildman–Crippen LogP) is 1.92. The summed E-state index contributed by atoms with van der Waals surface area (Å²) >= 11 is 0. The Morgan fingerprint density at radius 2 is 1.74 bits per heavy atom. The van der Waals surface area contributed by atoms with Crippen LogP contribution in [0.1, 0.15) is 44.9 Å². The molecule has 0 N–H and O–H groups in total. The van der Waals surface area contributed by atoms with Gasteiger partial charge in [-0.1, -0.05) is 19.3 Å². The monoisotopic (exact) mass is 288 g/mol. The highest BCUT2D eigenvalue weighted by molar-refractivity contribution is 7.89. The van der Waals surface area contributed by atoms with Crippen LogP contribution in [0.15, 0.2) is 0 Å². The molecular weight excluding hydrogens is 260 g/mol. The van der Waals surface area contributed by atoms with Crippen LogP contribution in [0.3, 0.4) is 0 Å². The van der Waals surface area contributed by atoms with Crippen LogP contribution in [0.5, 0.6) is 0 Å². The van der Waals surface area contributed by atoms with Crippen molar-refractivity contribution in [2.45, 2.75) is 51.0 Å². The Kier molecular flexibility index (Phi) is 5.26. The van der Waals surface area contributed by atoms with Crippen LogP contribution in [-0.2, 0) is 10.0 Å². The van der Waals surface area contributed by atoms with Crippen LogP contribution in [0.2, 0.25) is 0 Å². The lowest BCUT2D eigenvalue weighted by Gasteiger charge is -2.35. The minimum absolute atomic E-state index is 0.361. The van der Waals surface area contributed by atoms with Gasteiger partial charge >= 0.3 is 0 Å². The quantitative estimate of drug-likeness (QED) is 0.776. The molecule has 4 nitrogen and oxygen atoms in total. The number of sulfonamides is 1. The Labute approximate surface area is 118 Å². The van der Waals surface area contributed by atoms with E-state index < -0.39 is 10.0 Å². The second kappa shape index (κ2) is 6.55. The average molecular weight is 288 g/mol. The SMILES string of the molecule is CN1CCCC[C@@H]1CN(C)S(=O)(=O)CC1CCCC1. The van der Waals surface area contributed by atoms with Crippen LogP contribution in [0.4, 0.5) is 0 Å². The van der Waals surface area contributed by atoms with E-state index in [1.54, 1.807) is 11.4 Å². The summed E-state index contributed by atoms with van der Waals surface area (Å²) in [6, 6.07) is 0.400. The van der Waals surface area contributed by atoms with E-state index in [2.05, 4.69) is 11.9 Å². The van der Waals surface area contributed by atoms with Crippen molar-refractivity contribution < 1.29 is 8.42 Å². The molecule has 0 unspecified atom stereocenters. The second-order valence-electron chi connectivity index (χ2n) is 6.34. The van der Waals surface area contributed by atoms with E-state index in [4.69, 9.17) is 0 Å². The largest absolute Gasteiger partial charge is 0.302 e. The molecule has 1 atom stereocenters. The van der Waals surface area contributed by atoms with Crippen molar-refractivity contribution >= 4 is 10.0 Å². The van der Waals surface area contributed by atoms with Crippen molar-refractivity contribution in [2.75, 3.05) is 32.9 Å². The lowest BCUT2D eigenvalue weighted by Crippen LogP contribution is -2.46. The number of rotatable bonds is 5. The summed E-state index contributed by atoms with van der Waals surface area (Å²) in [5.74, 6) is 0.761. The first kappa shape index (κ1) is 15.3. The number of likely N-dealkylation sites (N-methyl/N-ethyl adjacent to an activating group) is 2. The van der Waals surface area contributed by atoms with Gasteiger partial charge in [0.15, 0.2) is 0 Å². The minimum Gasteiger partial charge on any atom is -0.302 e. The molecule has 19 heavy (non-hydrogen) atoms. The van der Waals surface area contributed by atoms with Crippen LogP contribution in [-0.4, -0.2) is 56.6 Å². The van der Waals surface area contributed by atoms with E-state index in [9.17, 15) is 8.42 Å². The van der Waals surface area contributed by atoms with E-state index in [1.165, 1.54) is 25.7 Å². The highest BCUT2D eigenvalue weighted by Gasteiger charge is 2.29. The van der Waals surface area contributed by atoms with Gasteiger partial charge in [-0.3, -0.25) is 0 Å². The fourth-order valence-corrected chi connectivity index (χ4v) is 4.97. The summed E-state index contributed by atoms with van der Waals surface area (Å²) < 4.78 is 26.4. The lowest BCUT2D eigenvalue weighted by atomic mass is 10.0. The molecular formula is C14H28N2O2S. The standard InChI is InChI=1S/C14H28N2O2S/c1-15-10-6-5-9-14(15)11-16(2)19(17,18)12-13-7-3-4-8-13/h13-14H,3-12H2,1-2H3/t14-/m1/s1. The third-order valence-electron chi connectivity index (χ3n) is 4.79. The lowest BCUT2D eigenvalue weighted by molar-refractivity contribution is 0.165. The Bertz CT molecular complexity index is 377. The molecule has 0 aromatic carbocycles. The Morgan fingerprint density at radius 3 is 2.37 bits per heavy atom. The maximum atomic E-state index is 12.4. The predicted molar refractivity (Wildman–Crippen MR) is 78.6 cm³/mol. The van der Waals surface area contributed by atoms with Gasteiger partial charge in [0.1, 0.15) is 0 Å². The first-order valence-corrected chi connectivity index (χ1v) is 9.24. The molecule has 0 radical (unpaired) electrons. The Balaban J connectivity index is 1.88. The molecule has 1 heterocycles. The molecule has 0 spiro atoms. The van der Waals surface area contributed by atoms with Crippen molar-refractivity contribution in [3.05, 3.63) is 0 Å².